The smallest absolute Gasteiger partial charge is 0.256 e. The maximum atomic E-state index is 12.3. The number of carbonyl (C=O) groups is 1. The molecule has 126 valence electrons. The van der Waals surface area contributed by atoms with Crippen molar-refractivity contribution in [3.05, 3.63) is 60.7 Å². The highest BCUT2D eigenvalue weighted by atomic mass is 35.5. The van der Waals surface area contributed by atoms with E-state index in [2.05, 4.69) is 20.3 Å². The van der Waals surface area contributed by atoms with Crippen LogP contribution in [0.25, 0.3) is 11.2 Å². The van der Waals surface area contributed by atoms with Crippen LogP contribution in [0.3, 0.4) is 0 Å². The average Bonchev–Trinajstić information content (AvgIpc) is 3.29. The van der Waals surface area contributed by atoms with E-state index >= 15 is 0 Å². The first-order valence-corrected chi connectivity index (χ1v) is 8.23. The van der Waals surface area contributed by atoms with Crippen LogP contribution in [0.5, 0.6) is 0 Å². The number of aromatic nitrogens is 4. The predicted molar refractivity (Wildman–Crippen MR) is 93.5 cm³/mol. The zero-order valence-electron chi connectivity index (χ0n) is 13.0. The summed E-state index contributed by atoms with van der Waals surface area (Å²) in [5.74, 6) is 0.482. The summed E-state index contributed by atoms with van der Waals surface area (Å²) in [6, 6.07) is 8.92. The van der Waals surface area contributed by atoms with Gasteiger partial charge in [-0.2, -0.15) is 0 Å². The van der Waals surface area contributed by atoms with Crippen LogP contribution in [-0.4, -0.2) is 37.4 Å². The third-order valence-corrected chi connectivity index (χ3v) is 4.16. The summed E-state index contributed by atoms with van der Waals surface area (Å²) in [5.41, 5.74) is 1.61. The van der Waals surface area contributed by atoms with Crippen LogP contribution in [0.4, 0.5) is 5.82 Å². The number of rotatable bonds is 4. The maximum absolute atomic E-state index is 12.3. The van der Waals surface area contributed by atoms with Gasteiger partial charge in [-0.1, -0.05) is 24.3 Å². The van der Waals surface area contributed by atoms with Crippen molar-refractivity contribution in [1.29, 1.82) is 0 Å². The Labute approximate surface area is 148 Å². The molecule has 0 unspecified atom stereocenters. The SMILES string of the molecule is O=C(Nc1ncnc2c1ncn2[C@H]1C=C[C@@H](CCl)O1)c1ccccc1. The Morgan fingerprint density at radius 1 is 1.20 bits per heavy atom. The molecule has 0 bridgehead atoms. The van der Waals surface area contributed by atoms with Crippen molar-refractivity contribution in [3.8, 4) is 0 Å². The molecule has 0 spiro atoms. The Morgan fingerprint density at radius 2 is 2.04 bits per heavy atom. The molecule has 1 amide bonds. The molecule has 7 nitrogen and oxygen atoms in total. The van der Waals surface area contributed by atoms with E-state index < -0.39 is 0 Å². The van der Waals surface area contributed by atoms with Gasteiger partial charge in [-0.15, -0.1) is 11.6 Å². The number of ether oxygens (including phenoxy) is 1. The first kappa shape index (κ1) is 15.7. The Hall–Kier alpha value is -2.77. The van der Waals surface area contributed by atoms with Crippen LogP contribution in [0.2, 0.25) is 0 Å². The summed E-state index contributed by atoms with van der Waals surface area (Å²) in [4.78, 5) is 25.1. The van der Waals surface area contributed by atoms with Crippen molar-refractivity contribution < 1.29 is 9.53 Å². The van der Waals surface area contributed by atoms with Crippen molar-refractivity contribution in [3.63, 3.8) is 0 Å². The number of hydrogen-bond acceptors (Lipinski definition) is 5. The number of nitrogens with zero attached hydrogens (tertiary/aromatic N) is 4. The molecule has 2 atom stereocenters. The highest BCUT2D eigenvalue weighted by Crippen LogP contribution is 2.27. The minimum Gasteiger partial charge on any atom is -0.346 e. The fourth-order valence-electron chi connectivity index (χ4n) is 2.63. The van der Waals surface area contributed by atoms with Crippen LogP contribution in [0.15, 0.2) is 55.1 Å². The molecule has 1 aromatic carbocycles. The monoisotopic (exact) mass is 355 g/mol. The fraction of sp³-hybridized carbons (Fsp3) is 0.176. The zero-order valence-corrected chi connectivity index (χ0v) is 13.8. The van der Waals surface area contributed by atoms with Gasteiger partial charge in [-0.3, -0.25) is 9.36 Å². The van der Waals surface area contributed by atoms with Crippen LogP contribution in [0.1, 0.15) is 16.6 Å². The van der Waals surface area contributed by atoms with Crippen molar-refractivity contribution in [2.75, 3.05) is 11.2 Å². The lowest BCUT2D eigenvalue weighted by molar-refractivity contribution is 0.0313. The molecule has 1 N–H and O–H groups in total. The molecular formula is C17H14ClN5O2. The molecular weight excluding hydrogens is 342 g/mol. The lowest BCUT2D eigenvalue weighted by Crippen LogP contribution is -2.14. The molecule has 3 aromatic rings. The fourth-order valence-corrected chi connectivity index (χ4v) is 2.81. The normalized spacial score (nSPS) is 19.4. The Kier molecular flexibility index (Phi) is 4.17. The van der Waals surface area contributed by atoms with Gasteiger partial charge in [0.05, 0.1) is 18.3 Å². The van der Waals surface area contributed by atoms with E-state index in [1.54, 1.807) is 35.2 Å². The highest BCUT2D eigenvalue weighted by Gasteiger charge is 2.23. The lowest BCUT2D eigenvalue weighted by Gasteiger charge is -2.13. The van der Waals surface area contributed by atoms with E-state index in [9.17, 15) is 4.79 Å². The standard InChI is InChI=1S/C17H14ClN5O2/c18-8-12-6-7-13(25-12)23-10-21-14-15(19-9-20-16(14)23)22-17(24)11-4-2-1-3-5-11/h1-7,9-10,12-13H,8H2,(H,19,20,22,24)/t12-,13+/m0/s1. The number of hydrogen-bond donors (Lipinski definition) is 1. The summed E-state index contributed by atoms with van der Waals surface area (Å²) >= 11 is 5.82. The van der Waals surface area contributed by atoms with E-state index in [4.69, 9.17) is 16.3 Å². The van der Waals surface area contributed by atoms with E-state index in [-0.39, 0.29) is 18.2 Å². The molecule has 0 radical (unpaired) electrons. The maximum Gasteiger partial charge on any atom is 0.256 e. The summed E-state index contributed by atoms with van der Waals surface area (Å²) in [5, 5.41) is 2.78. The number of anilines is 1. The predicted octanol–water partition coefficient (Wildman–Crippen LogP) is 2.77. The van der Waals surface area contributed by atoms with Crippen molar-refractivity contribution in [1.82, 2.24) is 19.5 Å². The second-order valence-electron chi connectivity index (χ2n) is 5.47. The Morgan fingerprint density at radius 3 is 2.80 bits per heavy atom. The number of nitrogens with one attached hydrogen (secondary N) is 1. The van der Waals surface area contributed by atoms with Crippen molar-refractivity contribution in [2.24, 2.45) is 0 Å². The molecule has 3 heterocycles. The lowest BCUT2D eigenvalue weighted by atomic mass is 10.2. The zero-order chi connectivity index (χ0) is 17.2. The van der Waals surface area contributed by atoms with Gasteiger partial charge in [0.25, 0.3) is 5.91 Å². The van der Waals surface area contributed by atoms with Crippen LogP contribution < -0.4 is 5.32 Å². The van der Waals surface area contributed by atoms with Gasteiger partial charge in [0.1, 0.15) is 6.33 Å². The van der Waals surface area contributed by atoms with Gasteiger partial charge in [0.15, 0.2) is 23.2 Å². The largest absolute Gasteiger partial charge is 0.346 e. The van der Waals surface area contributed by atoms with Crippen molar-refractivity contribution in [2.45, 2.75) is 12.3 Å². The third kappa shape index (κ3) is 2.99. The minimum atomic E-state index is -0.332. The second-order valence-corrected chi connectivity index (χ2v) is 5.78. The number of fused-ring (bicyclic) bond motifs is 1. The number of amides is 1. The third-order valence-electron chi connectivity index (χ3n) is 3.86. The number of halogens is 1. The topological polar surface area (TPSA) is 81.9 Å². The Balaban J connectivity index is 1.63. The van der Waals surface area contributed by atoms with E-state index in [1.807, 2.05) is 18.2 Å². The molecule has 25 heavy (non-hydrogen) atoms. The number of benzene rings is 1. The molecule has 1 aliphatic heterocycles. The molecule has 0 saturated heterocycles. The number of imidazole rings is 1. The van der Waals surface area contributed by atoms with Crippen LogP contribution in [-0.2, 0) is 4.74 Å². The molecule has 1 aliphatic rings. The first-order chi connectivity index (χ1) is 12.3. The molecule has 0 saturated carbocycles. The van der Waals surface area contributed by atoms with E-state index in [0.717, 1.165) is 0 Å². The average molecular weight is 356 g/mol. The van der Waals surface area contributed by atoms with Gasteiger partial charge in [-0.05, 0) is 18.2 Å². The first-order valence-electron chi connectivity index (χ1n) is 7.70. The second kappa shape index (κ2) is 6.62. The van der Waals surface area contributed by atoms with Gasteiger partial charge in [0.2, 0.25) is 0 Å². The number of alkyl halides is 1. The van der Waals surface area contributed by atoms with Gasteiger partial charge in [0, 0.05) is 5.56 Å². The van der Waals surface area contributed by atoms with Gasteiger partial charge in [-0.25, -0.2) is 15.0 Å². The molecule has 0 fully saturated rings. The quantitative estimate of drug-likeness (QED) is 0.575. The molecule has 8 heteroatoms. The minimum absolute atomic E-state index is 0.136. The molecule has 2 aromatic heterocycles. The van der Waals surface area contributed by atoms with Crippen molar-refractivity contribution >= 4 is 34.5 Å². The van der Waals surface area contributed by atoms with Crippen LogP contribution in [0, 0.1) is 0 Å². The summed E-state index contributed by atoms with van der Waals surface area (Å²) in [6.07, 6.45) is 6.34. The summed E-state index contributed by atoms with van der Waals surface area (Å²) in [7, 11) is 0. The van der Waals surface area contributed by atoms with E-state index in [1.165, 1.54) is 6.33 Å². The number of carbonyl (C=O) groups excluding carboxylic acids is 1. The van der Waals surface area contributed by atoms with Gasteiger partial charge >= 0.3 is 0 Å². The summed E-state index contributed by atoms with van der Waals surface area (Å²) in [6.45, 7) is 0. The highest BCUT2D eigenvalue weighted by molar-refractivity contribution is 6.18. The molecule has 4 rings (SSSR count). The van der Waals surface area contributed by atoms with Crippen LogP contribution >= 0.6 is 11.6 Å². The van der Waals surface area contributed by atoms with Gasteiger partial charge < -0.3 is 10.1 Å². The molecule has 0 aliphatic carbocycles. The summed E-state index contributed by atoms with van der Waals surface area (Å²) < 4.78 is 7.56. The van der Waals surface area contributed by atoms with E-state index in [0.29, 0.717) is 28.4 Å². The Bertz CT molecular complexity index is 941.